The van der Waals surface area contributed by atoms with E-state index in [4.69, 9.17) is 4.52 Å². The molecule has 2 aromatic rings. The van der Waals surface area contributed by atoms with Crippen molar-refractivity contribution in [1.29, 1.82) is 0 Å². The molecule has 1 saturated heterocycles. The number of aryl methyl sites for hydroxylation is 1. The molecule has 9 nitrogen and oxygen atoms in total. The van der Waals surface area contributed by atoms with Crippen LogP contribution in [0.15, 0.2) is 21.7 Å². The molecule has 2 aromatic heterocycles. The Morgan fingerprint density at radius 2 is 2.17 bits per heavy atom. The number of aromatic nitrogens is 3. The van der Waals surface area contributed by atoms with Crippen molar-refractivity contribution in [3.8, 4) is 0 Å². The zero-order chi connectivity index (χ0) is 16.4. The maximum atomic E-state index is 12.3. The zero-order valence-electron chi connectivity index (χ0n) is 12.6. The van der Waals surface area contributed by atoms with E-state index >= 15 is 0 Å². The lowest BCUT2D eigenvalue weighted by Gasteiger charge is -2.13. The van der Waals surface area contributed by atoms with E-state index < -0.39 is 10.0 Å². The molecule has 1 fully saturated rings. The Balaban J connectivity index is 1.76. The van der Waals surface area contributed by atoms with Gasteiger partial charge in [0.15, 0.2) is 0 Å². The zero-order valence-corrected chi connectivity index (χ0v) is 13.4. The number of amides is 1. The van der Waals surface area contributed by atoms with Gasteiger partial charge < -0.3 is 14.4 Å². The molecule has 0 spiro atoms. The van der Waals surface area contributed by atoms with Crippen LogP contribution in [0, 0.1) is 0 Å². The van der Waals surface area contributed by atoms with Gasteiger partial charge in [-0.25, -0.2) is 13.1 Å². The van der Waals surface area contributed by atoms with E-state index in [1.807, 2.05) is 6.92 Å². The van der Waals surface area contributed by atoms with Crippen molar-refractivity contribution in [3.63, 3.8) is 0 Å². The highest BCUT2D eigenvalue weighted by atomic mass is 32.2. The van der Waals surface area contributed by atoms with Gasteiger partial charge in [-0.3, -0.25) is 4.79 Å². The minimum Gasteiger partial charge on any atom is -0.356 e. The summed E-state index contributed by atoms with van der Waals surface area (Å²) in [7, 11) is -3.88. The summed E-state index contributed by atoms with van der Waals surface area (Å²) >= 11 is 0. The van der Waals surface area contributed by atoms with Gasteiger partial charge in [0.2, 0.25) is 5.89 Å². The standard InChI is InChI=1S/C13H17N5O4S/c1-2-11-15-13(16-22-11)17-23(20,21)9-7-10(14-8-9)12(19)18-5-3-4-6-18/h7-8,14H,2-6H2,1H3,(H,16,17). The summed E-state index contributed by atoms with van der Waals surface area (Å²) < 4.78 is 31.6. The molecule has 1 aliphatic heterocycles. The number of sulfonamides is 1. The van der Waals surface area contributed by atoms with Crippen LogP contribution in [-0.4, -0.2) is 47.4 Å². The number of aromatic amines is 1. The number of nitrogens with zero attached hydrogens (tertiary/aromatic N) is 3. The molecule has 124 valence electrons. The van der Waals surface area contributed by atoms with Crippen LogP contribution in [0.2, 0.25) is 0 Å². The molecule has 2 N–H and O–H groups in total. The van der Waals surface area contributed by atoms with E-state index in [0.717, 1.165) is 12.8 Å². The first-order chi connectivity index (χ1) is 11.0. The van der Waals surface area contributed by atoms with Crippen molar-refractivity contribution in [2.45, 2.75) is 31.1 Å². The van der Waals surface area contributed by atoms with Crippen molar-refractivity contribution < 1.29 is 17.7 Å². The molecule has 0 saturated carbocycles. The fourth-order valence-corrected chi connectivity index (χ4v) is 3.29. The molecule has 0 bridgehead atoms. The minimum absolute atomic E-state index is 0.0529. The first-order valence-corrected chi connectivity index (χ1v) is 8.81. The summed E-state index contributed by atoms with van der Waals surface area (Å²) in [4.78, 5) is 20.5. The second kappa shape index (κ2) is 6.03. The molecular formula is C13H17N5O4S. The van der Waals surface area contributed by atoms with Crippen LogP contribution in [0.25, 0.3) is 0 Å². The monoisotopic (exact) mass is 339 g/mol. The summed E-state index contributed by atoms with van der Waals surface area (Å²) in [5, 5.41) is 3.54. The van der Waals surface area contributed by atoms with E-state index in [1.165, 1.54) is 12.3 Å². The highest BCUT2D eigenvalue weighted by Gasteiger charge is 2.24. The van der Waals surface area contributed by atoms with Crippen LogP contribution in [-0.2, 0) is 16.4 Å². The van der Waals surface area contributed by atoms with Crippen molar-refractivity contribution in [1.82, 2.24) is 20.0 Å². The van der Waals surface area contributed by atoms with Crippen molar-refractivity contribution in [2.24, 2.45) is 0 Å². The van der Waals surface area contributed by atoms with Crippen LogP contribution in [0.1, 0.15) is 36.1 Å². The molecule has 0 radical (unpaired) electrons. The van der Waals surface area contributed by atoms with Gasteiger partial charge in [0, 0.05) is 25.7 Å². The van der Waals surface area contributed by atoms with Gasteiger partial charge >= 0.3 is 0 Å². The molecule has 0 aromatic carbocycles. The SMILES string of the molecule is CCc1nc(NS(=O)(=O)c2c[nH]c(C(=O)N3CCCC3)c2)no1. The smallest absolute Gasteiger partial charge is 0.277 e. The maximum Gasteiger partial charge on any atom is 0.277 e. The van der Waals surface area contributed by atoms with Gasteiger partial charge in [-0.2, -0.15) is 4.98 Å². The first-order valence-electron chi connectivity index (χ1n) is 7.32. The number of carbonyl (C=O) groups excluding carboxylic acids is 1. The minimum atomic E-state index is -3.88. The van der Waals surface area contributed by atoms with Crippen LogP contribution in [0.3, 0.4) is 0 Å². The maximum absolute atomic E-state index is 12.3. The quantitative estimate of drug-likeness (QED) is 0.838. The predicted octanol–water partition coefficient (Wildman–Crippen LogP) is 0.997. The number of anilines is 1. The van der Waals surface area contributed by atoms with E-state index in [2.05, 4.69) is 19.8 Å². The average molecular weight is 339 g/mol. The Bertz CT molecular complexity index is 804. The van der Waals surface area contributed by atoms with Crippen LogP contribution < -0.4 is 4.72 Å². The van der Waals surface area contributed by atoms with Crippen molar-refractivity contribution in [3.05, 3.63) is 23.8 Å². The van der Waals surface area contributed by atoms with Gasteiger partial charge in [0.1, 0.15) is 10.6 Å². The van der Waals surface area contributed by atoms with Gasteiger partial charge in [-0.15, -0.1) is 0 Å². The molecule has 0 atom stereocenters. The van der Waals surface area contributed by atoms with Gasteiger partial charge in [-0.05, 0) is 24.1 Å². The molecule has 0 aliphatic carbocycles. The summed E-state index contributed by atoms with van der Waals surface area (Å²) in [5.41, 5.74) is 0.245. The molecule has 10 heteroatoms. The number of hydrogen-bond donors (Lipinski definition) is 2. The van der Waals surface area contributed by atoms with Crippen molar-refractivity contribution in [2.75, 3.05) is 17.8 Å². The number of nitrogens with one attached hydrogen (secondary N) is 2. The fourth-order valence-electron chi connectivity index (χ4n) is 2.36. The van der Waals surface area contributed by atoms with Crippen LogP contribution in [0.5, 0.6) is 0 Å². The predicted molar refractivity (Wildman–Crippen MR) is 80.4 cm³/mol. The second-order valence-corrected chi connectivity index (χ2v) is 6.90. The van der Waals surface area contributed by atoms with E-state index in [1.54, 1.807) is 4.90 Å². The highest BCUT2D eigenvalue weighted by molar-refractivity contribution is 7.92. The van der Waals surface area contributed by atoms with E-state index in [9.17, 15) is 13.2 Å². The Hall–Kier alpha value is -2.36. The van der Waals surface area contributed by atoms with Gasteiger partial charge in [0.25, 0.3) is 21.9 Å². The molecule has 3 rings (SSSR count). The number of H-pyrrole nitrogens is 1. The summed E-state index contributed by atoms with van der Waals surface area (Å²) in [6.07, 6.45) is 3.72. The molecular weight excluding hydrogens is 322 g/mol. The lowest BCUT2D eigenvalue weighted by Crippen LogP contribution is -2.27. The normalized spacial score (nSPS) is 15.1. The Labute approximate surface area is 133 Å². The second-order valence-electron chi connectivity index (χ2n) is 5.22. The Morgan fingerprint density at radius 3 is 2.83 bits per heavy atom. The third-order valence-corrected chi connectivity index (χ3v) is 4.89. The third kappa shape index (κ3) is 3.21. The summed E-state index contributed by atoms with van der Waals surface area (Å²) in [5.74, 6) is 0.00826. The summed E-state index contributed by atoms with van der Waals surface area (Å²) in [6, 6.07) is 1.31. The lowest BCUT2D eigenvalue weighted by atomic mass is 10.4. The van der Waals surface area contributed by atoms with Gasteiger partial charge in [0.05, 0.1) is 0 Å². The molecule has 1 amide bonds. The lowest BCUT2D eigenvalue weighted by molar-refractivity contribution is 0.0787. The Kier molecular flexibility index (Phi) is 4.07. The fraction of sp³-hybridized carbons (Fsp3) is 0.462. The number of hydrogen-bond acceptors (Lipinski definition) is 6. The third-order valence-electron chi connectivity index (χ3n) is 3.59. The summed E-state index contributed by atoms with van der Waals surface area (Å²) in [6.45, 7) is 3.20. The first kappa shape index (κ1) is 15.5. The van der Waals surface area contributed by atoms with Crippen molar-refractivity contribution >= 4 is 21.9 Å². The molecule has 23 heavy (non-hydrogen) atoms. The Morgan fingerprint density at radius 1 is 1.43 bits per heavy atom. The average Bonchev–Trinajstić information content (AvgIpc) is 3.27. The molecule has 3 heterocycles. The van der Waals surface area contributed by atoms with Crippen LogP contribution in [0.4, 0.5) is 5.95 Å². The topological polar surface area (TPSA) is 121 Å². The van der Waals surface area contributed by atoms with Crippen LogP contribution >= 0.6 is 0 Å². The molecule has 1 aliphatic rings. The van der Waals surface area contributed by atoms with Gasteiger partial charge in [-0.1, -0.05) is 6.92 Å². The van der Waals surface area contributed by atoms with E-state index in [0.29, 0.717) is 25.4 Å². The largest absolute Gasteiger partial charge is 0.356 e. The number of likely N-dealkylation sites (tertiary alicyclic amines) is 1. The van der Waals surface area contributed by atoms with E-state index in [-0.39, 0.29) is 22.4 Å². The number of carbonyl (C=O) groups is 1. The highest BCUT2D eigenvalue weighted by Crippen LogP contribution is 2.18. The molecule has 0 unspecified atom stereocenters. The number of rotatable bonds is 5.